The van der Waals surface area contributed by atoms with Gasteiger partial charge in [0.15, 0.2) is 0 Å². The third-order valence-corrected chi connectivity index (χ3v) is 5.12. The molecule has 0 aromatic heterocycles. The lowest BCUT2D eigenvalue weighted by Crippen LogP contribution is -2.39. The van der Waals surface area contributed by atoms with Crippen LogP contribution in [0.5, 0.6) is 11.5 Å². The summed E-state index contributed by atoms with van der Waals surface area (Å²) < 4.78 is 51.4. The lowest BCUT2D eigenvalue weighted by molar-refractivity contribution is -0.169. The maximum atomic E-state index is 13.5. The Morgan fingerprint density at radius 3 is 2.50 bits per heavy atom. The Kier molecular flexibility index (Phi) is 5.85. The van der Waals surface area contributed by atoms with Crippen molar-refractivity contribution in [1.82, 2.24) is 5.32 Å². The van der Waals surface area contributed by atoms with Gasteiger partial charge in [-0.3, -0.25) is 9.69 Å². The topological polar surface area (TPSA) is 50.8 Å². The van der Waals surface area contributed by atoms with Gasteiger partial charge >= 0.3 is 12.1 Å². The molecule has 3 rings (SSSR count). The fraction of sp³-hybridized carbons (Fsp3) is 0.316. The minimum Gasteiger partial charge on any atom is -0.495 e. The summed E-state index contributed by atoms with van der Waals surface area (Å²) in [5, 5.41) is 3.18. The van der Waals surface area contributed by atoms with Gasteiger partial charge in [0.2, 0.25) is 0 Å². The molecule has 2 aromatic rings. The lowest BCUT2D eigenvalue weighted by atomic mass is 9.98. The first-order valence-electron chi connectivity index (χ1n) is 8.42. The molecule has 5 nitrogen and oxygen atoms in total. The third-order valence-electron chi connectivity index (χ3n) is 4.50. The number of rotatable bonds is 4. The maximum Gasteiger partial charge on any atom is 0.472 e. The highest BCUT2D eigenvalue weighted by Crippen LogP contribution is 2.44. The predicted octanol–water partition coefficient (Wildman–Crippen LogP) is 4.34. The molecule has 9 heteroatoms. The van der Waals surface area contributed by atoms with Crippen LogP contribution in [0.1, 0.15) is 11.1 Å². The van der Waals surface area contributed by atoms with Crippen molar-refractivity contribution < 1.29 is 27.4 Å². The van der Waals surface area contributed by atoms with E-state index in [1.165, 1.54) is 32.4 Å². The number of anilines is 2. The van der Waals surface area contributed by atoms with Crippen molar-refractivity contribution >= 4 is 33.2 Å². The normalized spacial score (nSPS) is 13.6. The standard InChI is InChI=1S/C19H18BrF3N2O3/c1-27-16-9-17(28-2)15(8-13(16)20)25(18(26)19(21,22)23)14-5-3-4-11-10-24-7-6-12(11)14/h3-5,8-9,24H,6-7,10H2,1-2H3. The summed E-state index contributed by atoms with van der Waals surface area (Å²) in [5.41, 5.74) is 1.73. The fourth-order valence-corrected chi connectivity index (χ4v) is 3.71. The second kappa shape index (κ2) is 8.00. The van der Waals surface area contributed by atoms with E-state index in [2.05, 4.69) is 21.2 Å². The smallest absolute Gasteiger partial charge is 0.472 e. The summed E-state index contributed by atoms with van der Waals surface area (Å²) in [5.74, 6) is -1.53. The maximum absolute atomic E-state index is 13.5. The Labute approximate surface area is 168 Å². The van der Waals surface area contributed by atoms with Crippen molar-refractivity contribution in [2.75, 3.05) is 25.7 Å². The number of benzene rings is 2. The van der Waals surface area contributed by atoms with Gasteiger partial charge in [0, 0.05) is 12.6 Å². The third kappa shape index (κ3) is 3.81. The van der Waals surface area contributed by atoms with Crippen LogP contribution in [-0.4, -0.2) is 32.8 Å². The van der Waals surface area contributed by atoms with Gasteiger partial charge in [0.05, 0.1) is 30.1 Å². The second-order valence-electron chi connectivity index (χ2n) is 6.14. The summed E-state index contributed by atoms with van der Waals surface area (Å²) in [6.07, 6.45) is -4.56. The van der Waals surface area contributed by atoms with Crippen LogP contribution in [0.4, 0.5) is 24.5 Å². The van der Waals surface area contributed by atoms with Crippen LogP contribution in [0.2, 0.25) is 0 Å². The van der Waals surface area contributed by atoms with Gasteiger partial charge in [0.25, 0.3) is 0 Å². The Bertz CT molecular complexity index is 903. The first kappa shape index (κ1) is 20.5. The van der Waals surface area contributed by atoms with Crippen LogP contribution in [0.3, 0.4) is 0 Å². The summed E-state index contributed by atoms with van der Waals surface area (Å²) in [6, 6.07) is 7.82. The van der Waals surface area contributed by atoms with E-state index in [0.717, 1.165) is 5.56 Å². The average Bonchev–Trinajstić information content (AvgIpc) is 2.68. The van der Waals surface area contributed by atoms with Crippen molar-refractivity contribution in [2.45, 2.75) is 19.1 Å². The van der Waals surface area contributed by atoms with Crippen molar-refractivity contribution in [2.24, 2.45) is 0 Å². The minimum atomic E-state index is -5.06. The van der Waals surface area contributed by atoms with E-state index in [0.29, 0.717) is 40.2 Å². The number of nitrogens with zero attached hydrogens (tertiary/aromatic N) is 1. The molecule has 0 aliphatic carbocycles. The molecule has 0 saturated heterocycles. The lowest BCUT2D eigenvalue weighted by Gasteiger charge is -2.30. The van der Waals surface area contributed by atoms with E-state index in [4.69, 9.17) is 9.47 Å². The van der Waals surface area contributed by atoms with Crippen molar-refractivity contribution in [3.8, 4) is 11.5 Å². The molecule has 1 heterocycles. The molecule has 150 valence electrons. The number of carbonyl (C=O) groups excluding carboxylic acids is 1. The molecule has 1 aliphatic heterocycles. The molecule has 0 bridgehead atoms. The molecule has 0 atom stereocenters. The number of ether oxygens (including phenoxy) is 2. The van der Waals surface area contributed by atoms with Crippen LogP contribution in [0, 0.1) is 0 Å². The van der Waals surface area contributed by atoms with Gasteiger partial charge in [-0.2, -0.15) is 13.2 Å². The van der Waals surface area contributed by atoms with Gasteiger partial charge in [-0.1, -0.05) is 12.1 Å². The quantitative estimate of drug-likeness (QED) is 0.740. The van der Waals surface area contributed by atoms with Crippen LogP contribution >= 0.6 is 15.9 Å². The summed E-state index contributed by atoms with van der Waals surface area (Å²) >= 11 is 3.28. The van der Waals surface area contributed by atoms with Crippen LogP contribution < -0.4 is 19.7 Å². The molecule has 1 N–H and O–H groups in total. The van der Waals surface area contributed by atoms with Gasteiger partial charge < -0.3 is 14.8 Å². The number of amides is 1. The Morgan fingerprint density at radius 1 is 1.14 bits per heavy atom. The highest BCUT2D eigenvalue weighted by atomic mass is 79.9. The highest BCUT2D eigenvalue weighted by molar-refractivity contribution is 9.10. The van der Waals surface area contributed by atoms with E-state index < -0.39 is 12.1 Å². The summed E-state index contributed by atoms with van der Waals surface area (Å²) in [6.45, 7) is 1.14. The van der Waals surface area contributed by atoms with E-state index in [9.17, 15) is 18.0 Å². The number of hydrogen-bond acceptors (Lipinski definition) is 4. The Balaban J connectivity index is 2.26. The highest BCUT2D eigenvalue weighted by Gasteiger charge is 2.45. The molecule has 0 fully saturated rings. The molecule has 1 amide bonds. The first-order chi connectivity index (χ1) is 13.3. The van der Waals surface area contributed by atoms with Crippen molar-refractivity contribution in [3.05, 3.63) is 45.9 Å². The number of fused-ring (bicyclic) bond motifs is 1. The molecular formula is C19H18BrF3N2O3. The zero-order valence-corrected chi connectivity index (χ0v) is 16.8. The van der Waals surface area contributed by atoms with Gasteiger partial charge in [-0.15, -0.1) is 0 Å². The van der Waals surface area contributed by atoms with Crippen molar-refractivity contribution in [3.63, 3.8) is 0 Å². The van der Waals surface area contributed by atoms with E-state index in [1.807, 2.05) is 6.07 Å². The molecule has 28 heavy (non-hydrogen) atoms. The zero-order valence-electron chi connectivity index (χ0n) is 15.2. The van der Waals surface area contributed by atoms with Crippen LogP contribution in [0.25, 0.3) is 0 Å². The number of nitrogens with one attached hydrogen (secondary N) is 1. The average molecular weight is 459 g/mol. The molecule has 0 radical (unpaired) electrons. The number of carbonyl (C=O) groups is 1. The second-order valence-corrected chi connectivity index (χ2v) is 6.99. The fourth-order valence-electron chi connectivity index (χ4n) is 3.22. The zero-order chi connectivity index (χ0) is 20.5. The van der Waals surface area contributed by atoms with Crippen LogP contribution in [-0.2, 0) is 17.8 Å². The van der Waals surface area contributed by atoms with E-state index in [1.54, 1.807) is 6.07 Å². The Hall–Kier alpha value is -2.26. The largest absolute Gasteiger partial charge is 0.495 e. The number of alkyl halides is 3. The van der Waals surface area contributed by atoms with E-state index in [-0.39, 0.29) is 17.1 Å². The number of methoxy groups -OCH3 is 2. The molecule has 1 aliphatic rings. The first-order valence-corrected chi connectivity index (χ1v) is 9.21. The molecule has 2 aromatic carbocycles. The summed E-state index contributed by atoms with van der Waals surface area (Å²) in [7, 11) is 2.76. The Morgan fingerprint density at radius 2 is 1.86 bits per heavy atom. The van der Waals surface area contributed by atoms with E-state index >= 15 is 0 Å². The molecule has 0 unspecified atom stereocenters. The number of halogens is 4. The SMILES string of the molecule is COc1cc(OC)c(N(C(=O)C(F)(F)F)c2cccc3c2CCNC3)cc1Br. The molecule has 0 saturated carbocycles. The number of hydrogen-bond donors (Lipinski definition) is 1. The molecular weight excluding hydrogens is 441 g/mol. The monoisotopic (exact) mass is 458 g/mol. The van der Waals surface area contributed by atoms with Gasteiger partial charge in [-0.25, -0.2) is 0 Å². The van der Waals surface area contributed by atoms with Crippen LogP contribution in [0.15, 0.2) is 34.8 Å². The predicted molar refractivity (Wildman–Crippen MR) is 102 cm³/mol. The van der Waals surface area contributed by atoms with Gasteiger partial charge in [0.1, 0.15) is 11.5 Å². The van der Waals surface area contributed by atoms with Crippen molar-refractivity contribution in [1.29, 1.82) is 0 Å². The molecule has 0 spiro atoms. The minimum absolute atomic E-state index is 0.0237. The summed E-state index contributed by atoms with van der Waals surface area (Å²) in [4.78, 5) is 13.1. The van der Waals surface area contributed by atoms with Gasteiger partial charge in [-0.05, 0) is 52.2 Å².